The molecular weight excluding hydrogens is 536 g/mol. The van der Waals surface area contributed by atoms with Crippen LogP contribution >= 0.6 is 11.8 Å². The van der Waals surface area contributed by atoms with Crippen molar-refractivity contribution >= 4 is 34.4 Å². The summed E-state index contributed by atoms with van der Waals surface area (Å²) in [7, 11) is 3.94. The number of carbonyl (C=O) groups excluding carboxylic acids is 1. The van der Waals surface area contributed by atoms with E-state index in [1.165, 1.54) is 30.0 Å². The summed E-state index contributed by atoms with van der Waals surface area (Å²) in [4.78, 5) is 36.8. The lowest BCUT2D eigenvalue weighted by Gasteiger charge is -2.35. The van der Waals surface area contributed by atoms with Crippen LogP contribution in [0.2, 0.25) is 0 Å². The Bertz CT molecular complexity index is 1520. The molecule has 3 aromatic rings. The molecule has 1 fully saturated rings. The van der Waals surface area contributed by atoms with E-state index in [4.69, 9.17) is 4.74 Å². The van der Waals surface area contributed by atoms with Gasteiger partial charge in [-0.2, -0.15) is 4.98 Å². The van der Waals surface area contributed by atoms with E-state index >= 15 is 4.39 Å². The van der Waals surface area contributed by atoms with Gasteiger partial charge in [0.15, 0.2) is 0 Å². The van der Waals surface area contributed by atoms with Crippen LogP contribution in [0.1, 0.15) is 5.56 Å². The van der Waals surface area contributed by atoms with Gasteiger partial charge in [0.1, 0.15) is 17.5 Å². The van der Waals surface area contributed by atoms with Crippen molar-refractivity contribution in [2.24, 2.45) is 0 Å². The molecule has 0 N–H and O–H groups in total. The number of benzene rings is 2. The first-order valence-electron chi connectivity index (χ1n) is 13.3. The maximum absolute atomic E-state index is 15.1. The number of anilines is 1. The number of piperazine rings is 1. The molecule has 2 aromatic carbocycles. The van der Waals surface area contributed by atoms with Gasteiger partial charge in [-0.1, -0.05) is 6.58 Å². The molecule has 8 nitrogen and oxygen atoms in total. The standard InChI is InChI=1S/C29H33F2N5O3S/c1-5-24(37)34-8-10-35(11-9-34)28-22-14-18(2)25(21-7-6-19(30)15-23(21)31)27-26(22)36(29(38)32-28)16-20(17-40-27)39-13-12-33(3)4/h5-7,14-15,20H,1,8-13,16-17H2,2-4H3. The quantitative estimate of drug-likeness (QED) is 0.403. The van der Waals surface area contributed by atoms with Gasteiger partial charge in [0.25, 0.3) is 0 Å². The number of hydrogen-bond acceptors (Lipinski definition) is 7. The zero-order valence-corrected chi connectivity index (χ0v) is 23.8. The van der Waals surface area contributed by atoms with Gasteiger partial charge in [0.05, 0.1) is 24.8 Å². The van der Waals surface area contributed by atoms with Crippen molar-refractivity contribution in [2.75, 3.05) is 64.1 Å². The van der Waals surface area contributed by atoms with E-state index in [0.717, 1.165) is 28.5 Å². The average Bonchev–Trinajstić information content (AvgIpc) is 3.11. The molecule has 1 saturated heterocycles. The highest BCUT2D eigenvalue weighted by molar-refractivity contribution is 7.99. The van der Waals surface area contributed by atoms with E-state index in [2.05, 4.69) is 11.6 Å². The number of rotatable bonds is 7. The van der Waals surface area contributed by atoms with Gasteiger partial charge in [-0.3, -0.25) is 9.36 Å². The molecule has 0 saturated carbocycles. The van der Waals surface area contributed by atoms with Gasteiger partial charge in [-0.15, -0.1) is 11.8 Å². The Balaban J connectivity index is 1.65. The highest BCUT2D eigenvalue weighted by Crippen LogP contribution is 2.44. The Morgan fingerprint density at radius 2 is 1.98 bits per heavy atom. The molecule has 0 spiro atoms. The normalized spacial score (nSPS) is 17.4. The van der Waals surface area contributed by atoms with Gasteiger partial charge in [-0.05, 0) is 50.9 Å². The van der Waals surface area contributed by atoms with Crippen LogP contribution in [0.15, 0.2) is 46.6 Å². The van der Waals surface area contributed by atoms with E-state index in [-0.39, 0.29) is 17.6 Å². The molecule has 1 unspecified atom stereocenters. The Hall–Kier alpha value is -3.28. The van der Waals surface area contributed by atoms with E-state index < -0.39 is 17.3 Å². The Kier molecular flexibility index (Phi) is 8.25. The predicted octanol–water partition coefficient (Wildman–Crippen LogP) is 3.54. The third-order valence-corrected chi connectivity index (χ3v) is 8.58. The van der Waals surface area contributed by atoms with Crippen molar-refractivity contribution in [1.29, 1.82) is 0 Å². The number of likely N-dealkylation sites (N-methyl/N-ethyl adjacent to an activating group) is 1. The highest BCUT2D eigenvalue weighted by Gasteiger charge is 2.30. The third-order valence-electron chi connectivity index (χ3n) is 7.35. The number of carbonyl (C=O) groups is 1. The minimum absolute atomic E-state index is 0.125. The molecule has 11 heteroatoms. The second-order valence-corrected chi connectivity index (χ2v) is 11.4. The van der Waals surface area contributed by atoms with Gasteiger partial charge >= 0.3 is 5.69 Å². The van der Waals surface area contributed by atoms with Crippen LogP contribution in [-0.4, -0.2) is 90.5 Å². The van der Waals surface area contributed by atoms with Crippen molar-refractivity contribution in [3.63, 3.8) is 0 Å². The monoisotopic (exact) mass is 569 g/mol. The first kappa shape index (κ1) is 28.3. The highest BCUT2D eigenvalue weighted by atomic mass is 32.2. The predicted molar refractivity (Wildman–Crippen MR) is 154 cm³/mol. The smallest absolute Gasteiger partial charge is 0.350 e. The average molecular weight is 570 g/mol. The first-order chi connectivity index (χ1) is 19.2. The second kappa shape index (κ2) is 11.7. The summed E-state index contributed by atoms with van der Waals surface area (Å²) >= 11 is 1.52. The summed E-state index contributed by atoms with van der Waals surface area (Å²) in [5, 5.41) is 0.781. The summed E-state index contributed by atoms with van der Waals surface area (Å²) in [5.41, 5.74) is 1.97. The fourth-order valence-corrected chi connectivity index (χ4v) is 6.63. The van der Waals surface area contributed by atoms with Crippen molar-refractivity contribution in [3.8, 4) is 11.1 Å². The van der Waals surface area contributed by atoms with Crippen LogP contribution in [0.5, 0.6) is 0 Å². The molecule has 1 aromatic heterocycles. The molecule has 0 bridgehead atoms. The first-order valence-corrected chi connectivity index (χ1v) is 14.3. The SMILES string of the molecule is C=CC(=O)N1CCN(c2nc(=O)n3c4c(c(-c5ccc(F)cc5F)c(C)cc24)SCC(OCCN(C)C)C3)CC1. The Morgan fingerprint density at radius 3 is 2.65 bits per heavy atom. The number of amides is 1. The summed E-state index contributed by atoms with van der Waals surface area (Å²) in [6, 6.07) is 5.52. The summed E-state index contributed by atoms with van der Waals surface area (Å²) < 4.78 is 36.8. The number of ether oxygens (including phenoxy) is 1. The minimum atomic E-state index is -0.659. The van der Waals surface area contributed by atoms with Crippen LogP contribution in [-0.2, 0) is 16.1 Å². The number of thioether (sulfide) groups is 1. The molecule has 40 heavy (non-hydrogen) atoms. The number of aromatic nitrogens is 2. The van der Waals surface area contributed by atoms with E-state index in [1.807, 2.05) is 36.9 Å². The van der Waals surface area contributed by atoms with Crippen LogP contribution in [0.3, 0.4) is 0 Å². The van der Waals surface area contributed by atoms with E-state index in [0.29, 0.717) is 62.0 Å². The van der Waals surface area contributed by atoms with Crippen molar-refractivity contribution in [2.45, 2.75) is 24.5 Å². The summed E-state index contributed by atoms with van der Waals surface area (Å²) in [6.45, 7) is 9.01. The second-order valence-electron chi connectivity index (χ2n) is 10.4. The van der Waals surface area contributed by atoms with Crippen molar-refractivity contribution in [3.05, 3.63) is 64.6 Å². The molecule has 2 aliphatic rings. The molecule has 3 heterocycles. The molecule has 1 amide bonds. The largest absolute Gasteiger partial charge is 0.374 e. The van der Waals surface area contributed by atoms with Crippen LogP contribution in [0.25, 0.3) is 22.0 Å². The lowest BCUT2D eigenvalue weighted by atomic mass is 9.97. The fraction of sp³-hybridized carbons (Fsp3) is 0.414. The van der Waals surface area contributed by atoms with Gasteiger partial charge in [-0.25, -0.2) is 13.6 Å². The molecule has 0 aliphatic carbocycles. The zero-order valence-electron chi connectivity index (χ0n) is 23.0. The van der Waals surface area contributed by atoms with Crippen molar-refractivity contribution in [1.82, 2.24) is 19.4 Å². The van der Waals surface area contributed by atoms with Crippen LogP contribution < -0.4 is 10.6 Å². The van der Waals surface area contributed by atoms with Crippen LogP contribution in [0.4, 0.5) is 14.6 Å². The third kappa shape index (κ3) is 5.50. The molecule has 2 aliphatic heterocycles. The zero-order chi connectivity index (χ0) is 28.6. The molecular formula is C29H33F2N5O3S. The van der Waals surface area contributed by atoms with Gasteiger partial charge in [0.2, 0.25) is 5.91 Å². The fourth-order valence-electron chi connectivity index (χ4n) is 5.30. The topological polar surface area (TPSA) is 70.9 Å². The van der Waals surface area contributed by atoms with E-state index in [1.54, 1.807) is 9.47 Å². The maximum atomic E-state index is 15.1. The number of aryl methyl sites for hydroxylation is 1. The number of nitrogens with zero attached hydrogens (tertiary/aromatic N) is 5. The minimum Gasteiger partial charge on any atom is -0.374 e. The van der Waals surface area contributed by atoms with Gasteiger partial charge < -0.3 is 19.4 Å². The summed E-state index contributed by atoms with van der Waals surface area (Å²) in [5.74, 6) is -0.330. The molecule has 5 rings (SSSR count). The Labute approximate surface area is 236 Å². The lowest BCUT2D eigenvalue weighted by Crippen LogP contribution is -2.49. The number of halogens is 2. The van der Waals surface area contributed by atoms with Crippen LogP contribution in [0, 0.1) is 18.6 Å². The lowest BCUT2D eigenvalue weighted by molar-refractivity contribution is -0.126. The maximum Gasteiger partial charge on any atom is 0.350 e. The molecule has 0 radical (unpaired) electrons. The Morgan fingerprint density at radius 1 is 1.23 bits per heavy atom. The summed E-state index contributed by atoms with van der Waals surface area (Å²) in [6.07, 6.45) is 1.05. The number of hydrogen-bond donors (Lipinski definition) is 0. The van der Waals surface area contributed by atoms with Crippen molar-refractivity contribution < 1.29 is 18.3 Å². The van der Waals surface area contributed by atoms with E-state index in [9.17, 15) is 14.0 Å². The molecule has 1 atom stereocenters. The van der Waals surface area contributed by atoms with Gasteiger partial charge in [0, 0.05) is 66.0 Å². The molecule has 212 valence electrons.